The van der Waals surface area contributed by atoms with Crippen LogP contribution < -0.4 is 20.7 Å². The van der Waals surface area contributed by atoms with Crippen LogP contribution >= 0.6 is 0 Å². The van der Waals surface area contributed by atoms with Crippen LogP contribution in [0.5, 0.6) is 5.75 Å². The van der Waals surface area contributed by atoms with Crippen LogP contribution in [0.2, 0.25) is 0 Å². The van der Waals surface area contributed by atoms with Crippen LogP contribution in [-0.2, 0) is 14.3 Å². The topological polar surface area (TPSA) is 88.7 Å². The van der Waals surface area contributed by atoms with Crippen molar-refractivity contribution in [2.75, 3.05) is 35.7 Å². The number of carbonyl (C=O) groups excluding carboxylic acids is 2. The molecule has 1 unspecified atom stereocenters. The quantitative estimate of drug-likeness (QED) is 0.601. The Balaban J connectivity index is 1.43. The molecular weight excluding hydrogens is 370 g/mol. The molecule has 1 aliphatic rings. The molecule has 1 fully saturated rings. The van der Waals surface area contributed by atoms with Gasteiger partial charge in [-0.05, 0) is 55.3 Å². The molecule has 1 aliphatic heterocycles. The van der Waals surface area contributed by atoms with Gasteiger partial charge in [0.15, 0.2) is 0 Å². The number of benzene rings is 2. The summed E-state index contributed by atoms with van der Waals surface area (Å²) in [6.07, 6.45) is 2.71. The summed E-state index contributed by atoms with van der Waals surface area (Å²) >= 11 is 0. The maximum absolute atomic E-state index is 12.2. The van der Waals surface area contributed by atoms with Gasteiger partial charge in [-0.2, -0.15) is 0 Å². The van der Waals surface area contributed by atoms with Gasteiger partial charge in [-0.15, -0.1) is 0 Å². The lowest BCUT2D eigenvalue weighted by Crippen LogP contribution is -2.21. The van der Waals surface area contributed by atoms with E-state index in [0.29, 0.717) is 24.4 Å². The molecule has 2 amide bonds. The van der Waals surface area contributed by atoms with Gasteiger partial charge in [0.25, 0.3) is 0 Å². The minimum atomic E-state index is -0.166. The second-order valence-corrected chi connectivity index (χ2v) is 6.85. The molecule has 7 heteroatoms. The molecule has 0 radical (unpaired) electrons. The Hall–Kier alpha value is -3.06. The molecule has 7 nitrogen and oxygen atoms in total. The van der Waals surface area contributed by atoms with Crippen molar-refractivity contribution in [1.29, 1.82) is 0 Å². The highest BCUT2D eigenvalue weighted by Crippen LogP contribution is 2.19. The first-order valence-corrected chi connectivity index (χ1v) is 9.90. The summed E-state index contributed by atoms with van der Waals surface area (Å²) in [5.74, 6) is 0.534. The lowest BCUT2D eigenvalue weighted by atomic mass is 10.2. The highest BCUT2D eigenvalue weighted by molar-refractivity contribution is 5.94. The molecule has 0 aliphatic carbocycles. The van der Waals surface area contributed by atoms with E-state index >= 15 is 0 Å². The van der Waals surface area contributed by atoms with Crippen LogP contribution in [0.4, 0.5) is 17.1 Å². The third kappa shape index (κ3) is 6.80. The smallest absolute Gasteiger partial charge is 0.243 e. The van der Waals surface area contributed by atoms with Crippen molar-refractivity contribution in [3.63, 3.8) is 0 Å². The molecule has 2 aromatic rings. The minimum absolute atomic E-state index is 0.0527. The molecule has 1 saturated heterocycles. The molecule has 3 rings (SSSR count). The van der Waals surface area contributed by atoms with E-state index in [2.05, 4.69) is 16.0 Å². The summed E-state index contributed by atoms with van der Waals surface area (Å²) < 4.78 is 11.3. The van der Waals surface area contributed by atoms with Gasteiger partial charge >= 0.3 is 0 Å². The SMILES string of the molecule is CCC(=O)Nc1cccc(NCC(=O)Nc2ccc(OCC3CCCO3)cc2)c1. The third-order valence-corrected chi connectivity index (χ3v) is 4.52. The first-order chi connectivity index (χ1) is 14.1. The van der Waals surface area contributed by atoms with Crippen LogP contribution in [0.3, 0.4) is 0 Å². The van der Waals surface area contributed by atoms with Gasteiger partial charge in [0.1, 0.15) is 12.4 Å². The Morgan fingerprint density at radius 3 is 2.52 bits per heavy atom. The molecule has 0 saturated carbocycles. The molecule has 29 heavy (non-hydrogen) atoms. The number of rotatable bonds is 9. The highest BCUT2D eigenvalue weighted by Gasteiger charge is 2.15. The predicted octanol–water partition coefficient (Wildman–Crippen LogP) is 3.64. The summed E-state index contributed by atoms with van der Waals surface area (Å²) in [5, 5.41) is 8.69. The van der Waals surface area contributed by atoms with Gasteiger partial charge in [-0.1, -0.05) is 13.0 Å². The van der Waals surface area contributed by atoms with Crippen molar-refractivity contribution in [3.05, 3.63) is 48.5 Å². The van der Waals surface area contributed by atoms with Crippen molar-refractivity contribution < 1.29 is 19.1 Å². The summed E-state index contributed by atoms with van der Waals surface area (Å²) in [6.45, 7) is 3.27. The van der Waals surface area contributed by atoms with E-state index in [1.54, 1.807) is 19.1 Å². The van der Waals surface area contributed by atoms with E-state index in [4.69, 9.17) is 9.47 Å². The molecule has 3 N–H and O–H groups in total. The van der Waals surface area contributed by atoms with Crippen LogP contribution in [0, 0.1) is 0 Å². The van der Waals surface area contributed by atoms with Gasteiger partial charge in [0, 0.05) is 30.1 Å². The summed E-state index contributed by atoms with van der Waals surface area (Å²) in [5.41, 5.74) is 2.15. The van der Waals surface area contributed by atoms with Gasteiger partial charge in [-0.25, -0.2) is 0 Å². The molecular formula is C22H27N3O4. The van der Waals surface area contributed by atoms with Crippen LogP contribution in [-0.4, -0.2) is 37.7 Å². The second kappa shape index (κ2) is 10.5. The number of anilines is 3. The normalized spacial score (nSPS) is 15.6. The van der Waals surface area contributed by atoms with E-state index in [0.717, 1.165) is 30.9 Å². The summed E-state index contributed by atoms with van der Waals surface area (Å²) in [4.78, 5) is 23.7. The average molecular weight is 397 g/mol. The minimum Gasteiger partial charge on any atom is -0.491 e. The van der Waals surface area contributed by atoms with E-state index in [-0.39, 0.29) is 24.5 Å². The fraction of sp³-hybridized carbons (Fsp3) is 0.364. The monoisotopic (exact) mass is 397 g/mol. The van der Waals surface area contributed by atoms with Crippen molar-refractivity contribution in [2.45, 2.75) is 32.3 Å². The third-order valence-electron chi connectivity index (χ3n) is 4.52. The van der Waals surface area contributed by atoms with E-state index < -0.39 is 0 Å². The first kappa shape index (κ1) is 20.7. The molecule has 2 aromatic carbocycles. The lowest BCUT2D eigenvalue weighted by Gasteiger charge is -2.12. The largest absolute Gasteiger partial charge is 0.491 e. The Bertz CT molecular complexity index is 817. The maximum atomic E-state index is 12.2. The standard InChI is InChI=1S/C22H27N3O4/c1-2-21(26)25-18-6-3-5-17(13-18)23-14-22(27)24-16-8-10-19(11-9-16)29-15-20-7-4-12-28-20/h3,5-6,8-11,13,20,23H,2,4,7,12,14-15H2,1H3,(H,24,27)(H,25,26). The number of ether oxygens (including phenoxy) is 2. The van der Waals surface area contributed by atoms with Crippen LogP contribution in [0.1, 0.15) is 26.2 Å². The van der Waals surface area contributed by atoms with E-state index in [1.165, 1.54) is 0 Å². The van der Waals surface area contributed by atoms with Gasteiger partial charge < -0.3 is 25.4 Å². The van der Waals surface area contributed by atoms with E-state index in [1.807, 2.05) is 36.4 Å². The first-order valence-electron chi connectivity index (χ1n) is 9.90. The summed E-state index contributed by atoms with van der Waals surface area (Å²) in [6, 6.07) is 14.5. The molecule has 1 heterocycles. The molecule has 0 aromatic heterocycles. The second-order valence-electron chi connectivity index (χ2n) is 6.85. The zero-order chi connectivity index (χ0) is 20.5. The number of nitrogens with one attached hydrogen (secondary N) is 3. The molecule has 1 atom stereocenters. The van der Waals surface area contributed by atoms with Gasteiger partial charge in [-0.3, -0.25) is 9.59 Å². The van der Waals surface area contributed by atoms with E-state index in [9.17, 15) is 9.59 Å². The van der Waals surface area contributed by atoms with Crippen molar-refractivity contribution >= 4 is 28.9 Å². The van der Waals surface area contributed by atoms with Crippen molar-refractivity contribution in [3.8, 4) is 5.75 Å². The molecule has 0 bridgehead atoms. The van der Waals surface area contributed by atoms with Crippen molar-refractivity contribution in [1.82, 2.24) is 0 Å². The molecule has 154 valence electrons. The zero-order valence-corrected chi connectivity index (χ0v) is 16.6. The maximum Gasteiger partial charge on any atom is 0.243 e. The zero-order valence-electron chi connectivity index (χ0n) is 16.6. The summed E-state index contributed by atoms with van der Waals surface area (Å²) in [7, 11) is 0. The number of hydrogen-bond acceptors (Lipinski definition) is 5. The van der Waals surface area contributed by atoms with Crippen molar-refractivity contribution in [2.24, 2.45) is 0 Å². The number of hydrogen-bond donors (Lipinski definition) is 3. The fourth-order valence-corrected chi connectivity index (χ4v) is 2.94. The Morgan fingerprint density at radius 2 is 1.79 bits per heavy atom. The Morgan fingerprint density at radius 1 is 1.03 bits per heavy atom. The predicted molar refractivity (Wildman–Crippen MR) is 113 cm³/mol. The number of carbonyl (C=O) groups is 2. The Kier molecular flexibility index (Phi) is 7.47. The Labute approximate surface area is 170 Å². The van der Waals surface area contributed by atoms with Crippen LogP contribution in [0.15, 0.2) is 48.5 Å². The lowest BCUT2D eigenvalue weighted by molar-refractivity contribution is -0.116. The highest BCUT2D eigenvalue weighted by atomic mass is 16.5. The molecule has 0 spiro atoms. The average Bonchev–Trinajstić information content (AvgIpc) is 3.26. The van der Waals surface area contributed by atoms with Gasteiger partial charge in [0.05, 0.1) is 12.6 Å². The fourth-order valence-electron chi connectivity index (χ4n) is 2.94. The number of amides is 2. The van der Waals surface area contributed by atoms with Gasteiger partial charge in [0.2, 0.25) is 11.8 Å². The van der Waals surface area contributed by atoms with Crippen LogP contribution in [0.25, 0.3) is 0 Å².